The number of hydrogen-bond acceptors (Lipinski definition) is 2. The zero-order chi connectivity index (χ0) is 6.41. The van der Waals surface area contributed by atoms with Crippen LogP contribution in [-0.2, 0) is 9.53 Å². The highest BCUT2D eigenvalue weighted by molar-refractivity contribution is 9.09. The highest BCUT2D eigenvalue weighted by Gasteiger charge is 1.93. The summed E-state index contributed by atoms with van der Waals surface area (Å²) in [6.07, 6.45) is 4.79. The SMILES string of the molecule is C#CCOC(=O)CBr.Cl. The van der Waals surface area contributed by atoms with Gasteiger partial charge in [0.2, 0.25) is 0 Å². The molecule has 0 amide bonds. The van der Waals surface area contributed by atoms with Crippen molar-refractivity contribution in [2.45, 2.75) is 0 Å². The van der Waals surface area contributed by atoms with E-state index in [1.807, 2.05) is 0 Å². The Bertz CT molecular complexity index is 119. The lowest BCUT2D eigenvalue weighted by molar-refractivity contribution is -0.138. The van der Waals surface area contributed by atoms with Gasteiger partial charge in [-0.25, -0.2) is 0 Å². The van der Waals surface area contributed by atoms with Gasteiger partial charge in [0.15, 0.2) is 6.61 Å². The topological polar surface area (TPSA) is 26.3 Å². The molecule has 0 rings (SSSR count). The van der Waals surface area contributed by atoms with Gasteiger partial charge in [0.05, 0.1) is 0 Å². The molecule has 0 fully saturated rings. The van der Waals surface area contributed by atoms with E-state index in [1.165, 1.54) is 0 Å². The van der Waals surface area contributed by atoms with E-state index in [0.29, 0.717) is 0 Å². The Kier molecular flexibility index (Phi) is 10.0. The molecule has 0 aromatic heterocycles. The van der Waals surface area contributed by atoms with E-state index in [0.717, 1.165) is 0 Å². The van der Waals surface area contributed by atoms with Gasteiger partial charge in [0.25, 0.3) is 0 Å². The summed E-state index contributed by atoms with van der Waals surface area (Å²) in [7, 11) is 0. The molecule has 0 N–H and O–H groups in total. The zero-order valence-electron chi connectivity index (χ0n) is 4.59. The summed E-state index contributed by atoms with van der Waals surface area (Å²) in [5, 5.41) is 0.203. The molecular weight excluding hydrogens is 207 g/mol. The van der Waals surface area contributed by atoms with Gasteiger partial charge in [-0.05, 0) is 0 Å². The van der Waals surface area contributed by atoms with Crippen molar-refractivity contribution < 1.29 is 9.53 Å². The second kappa shape index (κ2) is 7.80. The van der Waals surface area contributed by atoms with Gasteiger partial charge in [-0.2, -0.15) is 0 Å². The normalized spacial score (nSPS) is 6.67. The lowest BCUT2D eigenvalue weighted by Gasteiger charge is -1.92. The number of ether oxygens (including phenoxy) is 1. The summed E-state index contributed by atoms with van der Waals surface area (Å²) < 4.78 is 4.42. The molecule has 4 heteroatoms. The third-order valence-corrected chi connectivity index (χ3v) is 0.883. The fourth-order valence-corrected chi connectivity index (χ4v) is 0.323. The molecule has 2 nitrogen and oxygen atoms in total. The predicted octanol–water partition coefficient (Wildman–Crippen LogP) is 0.979. The molecule has 0 aliphatic carbocycles. The maximum Gasteiger partial charge on any atom is 0.317 e. The van der Waals surface area contributed by atoms with E-state index >= 15 is 0 Å². The minimum atomic E-state index is -0.331. The maximum atomic E-state index is 10.2. The molecule has 0 atom stereocenters. The first kappa shape index (κ1) is 11.6. The summed E-state index contributed by atoms with van der Waals surface area (Å²) in [5.41, 5.74) is 0. The summed E-state index contributed by atoms with van der Waals surface area (Å²) in [4.78, 5) is 10.2. The van der Waals surface area contributed by atoms with Crippen LogP contribution in [0.5, 0.6) is 0 Å². The number of alkyl halides is 1. The lowest BCUT2D eigenvalue weighted by atomic mass is 10.7. The van der Waals surface area contributed by atoms with Crippen molar-refractivity contribution >= 4 is 34.3 Å². The second-order valence-corrected chi connectivity index (χ2v) is 1.56. The lowest BCUT2D eigenvalue weighted by Crippen LogP contribution is -2.04. The van der Waals surface area contributed by atoms with Crippen LogP contribution in [0.1, 0.15) is 0 Å². The quantitative estimate of drug-likeness (QED) is 0.388. The molecule has 0 aromatic rings. The molecule has 0 heterocycles. The number of rotatable bonds is 2. The molecule has 0 unspecified atom stereocenters. The standard InChI is InChI=1S/C5H5BrO2.ClH/c1-2-3-8-5(7)4-6;/h1H,3-4H2;1H. The van der Waals surface area contributed by atoms with Crippen LogP contribution in [0.2, 0.25) is 0 Å². The number of carbonyl (C=O) groups excluding carboxylic acids is 1. The summed E-state index contributed by atoms with van der Waals surface area (Å²) in [5.74, 6) is 1.84. The van der Waals surface area contributed by atoms with Crippen LogP contribution in [0.4, 0.5) is 0 Å². The van der Waals surface area contributed by atoms with Crippen molar-refractivity contribution in [3.63, 3.8) is 0 Å². The Hall–Kier alpha value is -0.200. The maximum absolute atomic E-state index is 10.2. The van der Waals surface area contributed by atoms with E-state index in [-0.39, 0.29) is 30.3 Å². The Morgan fingerprint density at radius 3 is 2.67 bits per heavy atom. The predicted molar refractivity (Wildman–Crippen MR) is 40.8 cm³/mol. The minimum Gasteiger partial charge on any atom is -0.452 e. The smallest absolute Gasteiger partial charge is 0.317 e. The van der Waals surface area contributed by atoms with Crippen LogP contribution in [0.3, 0.4) is 0 Å². The van der Waals surface area contributed by atoms with Crippen molar-refractivity contribution in [3.05, 3.63) is 0 Å². The average Bonchev–Trinajstić information content (AvgIpc) is 1.83. The van der Waals surface area contributed by atoms with Crippen LogP contribution >= 0.6 is 28.3 Å². The number of carbonyl (C=O) groups is 1. The van der Waals surface area contributed by atoms with E-state index in [4.69, 9.17) is 6.42 Å². The van der Waals surface area contributed by atoms with E-state index in [1.54, 1.807) is 0 Å². The number of halogens is 2. The van der Waals surface area contributed by atoms with Crippen molar-refractivity contribution in [2.24, 2.45) is 0 Å². The average molecular weight is 213 g/mol. The van der Waals surface area contributed by atoms with Gasteiger partial charge in [-0.15, -0.1) is 18.8 Å². The molecule has 0 aromatic carbocycles. The van der Waals surface area contributed by atoms with Crippen LogP contribution in [0.15, 0.2) is 0 Å². The first-order valence-electron chi connectivity index (χ1n) is 1.96. The molecule has 0 saturated carbocycles. The molecule has 0 spiro atoms. The summed E-state index contributed by atoms with van der Waals surface area (Å²) in [6, 6.07) is 0. The molecule has 0 aliphatic heterocycles. The molecule has 0 saturated heterocycles. The number of hydrogen-bond donors (Lipinski definition) is 0. The van der Waals surface area contributed by atoms with Gasteiger partial charge in [-0.1, -0.05) is 21.9 Å². The number of terminal acetylenes is 1. The fraction of sp³-hybridized carbons (Fsp3) is 0.400. The van der Waals surface area contributed by atoms with Gasteiger partial charge in [0.1, 0.15) is 5.33 Å². The second-order valence-electron chi connectivity index (χ2n) is 0.998. The molecular formula is C5H6BrClO2. The Balaban J connectivity index is 0. The van der Waals surface area contributed by atoms with Gasteiger partial charge >= 0.3 is 5.97 Å². The monoisotopic (exact) mass is 212 g/mol. The van der Waals surface area contributed by atoms with Crippen LogP contribution in [-0.4, -0.2) is 17.9 Å². The van der Waals surface area contributed by atoms with Crippen LogP contribution < -0.4 is 0 Å². The van der Waals surface area contributed by atoms with Crippen LogP contribution in [0.25, 0.3) is 0 Å². The Morgan fingerprint density at radius 2 is 2.33 bits per heavy atom. The molecule has 0 radical (unpaired) electrons. The first-order valence-corrected chi connectivity index (χ1v) is 3.08. The van der Waals surface area contributed by atoms with E-state index in [9.17, 15) is 4.79 Å². The van der Waals surface area contributed by atoms with Gasteiger partial charge < -0.3 is 4.74 Å². The van der Waals surface area contributed by atoms with Gasteiger partial charge in [0, 0.05) is 0 Å². The van der Waals surface area contributed by atoms with Crippen molar-refractivity contribution in [1.29, 1.82) is 0 Å². The third-order valence-electron chi connectivity index (χ3n) is 0.426. The molecule has 9 heavy (non-hydrogen) atoms. The first-order chi connectivity index (χ1) is 3.81. The van der Waals surface area contributed by atoms with Gasteiger partial charge in [-0.3, -0.25) is 4.79 Å². The molecule has 52 valence electrons. The van der Waals surface area contributed by atoms with E-state index in [2.05, 4.69) is 26.6 Å². The van der Waals surface area contributed by atoms with E-state index < -0.39 is 0 Å². The Labute approximate surface area is 68.5 Å². The zero-order valence-corrected chi connectivity index (χ0v) is 7.00. The van der Waals surface area contributed by atoms with Crippen molar-refractivity contribution in [1.82, 2.24) is 0 Å². The fourth-order valence-electron chi connectivity index (χ4n) is 0.161. The summed E-state index contributed by atoms with van der Waals surface area (Å²) in [6.45, 7) is 0.0600. The van der Waals surface area contributed by atoms with Crippen molar-refractivity contribution in [3.8, 4) is 12.3 Å². The van der Waals surface area contributed by atoms with Crippen molar-refractivity contribution in [2.75, 3.05) is 11.9 Å². The van der Waals surface area contributed by atoms with Crippen LogP contribution in [0, 0.1) is 12.3 Å². The molecule has 0 bridgehead atoms. The highest BCUT2D eigenvalue weighted by atomic mass is 79.9. The largest absolute Gasteiger partial charge is 0.452 e. The third kappa shape index (κ3) is 7.80. The highest BCUT2D eigenvalue weighted by Crippen LogP contribution is 1.82. The number of esters is 1. The molecule has 0 aliphatic rings. The summed E-state index contributed by atoms with van der Waals surface area (Å²) >= 11 is 2.90. The minimum absolute atomic E-state index is 0. The Morgan fingerprint density at radius 1 is 1.78 bits per heavy atom.